The summed E-state index contributed by atoms with van der Waals surface area (Å²) in [5, 5.41) is 0.548. The summed E-state index contributed by atoms with van der Waals surface area (Å²) in [7, 11) is -4.00. The van der Waals surface area contributed by atoms with Crippen LogP contribution in [0.25, 0.3) is 10.9 Å². The second-order valence-corrected chi connectivity index (χ2v) is 8.00. The van der Waals surface area contributed by atoms with E-state index >= 15 is 0 Å². The molecule has 0 saturated heterocycles. The normalized spacial score (nSPS) is 18.9. The summed E-state index contributed by atoms with van der Waals surface area (Å²) in [6.07, 6.45) is 1.66. The first-order valence-corrected chi connectivity index (χ1v) is 9.38. The third-order valence-corrected chi connectivity index (χ3v) is 5.36. The van der Waals surface area contributed by atoms with Gasteiger partial charge in [0.15, 0.2) is 0 Å². The van der Waals surface area contributed by atoms with Gasteiger partial charge < -0.3 is 0 Å². The number of nitrogens with zero attached hydrogens (tertiary/aromatic N) is 2. The van der Waals surface area contributed by atoms with Crippen molar-refractivity contribution in [1.29, 1.82) is 0 Å². The monoisotopic (exact) mass is 386 g/mol. The van der Waals surface area contributed by atoms with Crippen LogP contribution in [0.15, 0.2) is 27.5 Å². The van der Waals surface area contributed by atoms with Gasteiger partial charge in [0.1, 0.15) is 5.82 Å². The predicted octanol–water partition coefficient (Wildman–Crippen LogP) is 2.00. The summed E-state index contributed by atoms with van der Waals surface area (Å²) in [5.41, 5.74) is 0.543. The SMILES string of the molecule is O=c1c2cc(Br)ccc2nc2n1CCC(CS(=O)(=O)O)CC2. The molecular weight excluding hydrogens is 372 g/mol. The van der Waals surface area contributed by atoms with Gasteiger partial charge in [-0.2, -0.15) is 8.42 Å². The highest BCUT2D eigenvalue weighted by Gasteiger charge is 2.22. The Morgan fingerprint density at radius 1 is 1.36 bits per heavy atom. The highest BCUT2D eigenvalue weighted by atomic mass is 79.9. The van der Waals surface area contributed by atoms with E-state index in [9.17, 15) is 13.2 Å². The lowest BCUT2D eigenvalue weighted by atomic mass is 10.0. The van der Waals surface area contributed by atoms with Crippen LogP contribution in [0.1, 0.15) is 18.7 Å². The maximum atomic E-state index is 12.6. The third kappa shape index (κ3) is 3.23. The lowest BCUT2D eigenvalue weighted by molar-refractivity contribution is 0.438. The maximum absolute atomic E-state index is 12.6. The van der Waals surface area contributed by atoms with E-state index in [0.29, 0.717) is 42.5 Å². The van der Waals surface area contributed by atoms with E-state index in [0.717, 1.165) is 4.47 Å². The van der Waals surface area contributed by atoms with Gasteiger partial charge in [0.25, 0.3) is 15.7 Å². The van der Waals surface area contributed by atoms with E-state index in [2.05, 4.69) is 20.9 Å². The molecule has 2 aromatic rings. The van der Waals surface area contributed by atoms with E-state index in [1.165, 1.54) is 0 Å². The molecule has 8 heteroatoms. The largest absolute Gasteiger partial charge is 0.296 e. The molecule has 3 rings (SSSR count). The van der Waals surface area contributed by atoms with E-state index < -0.39 is 10.1 Å². The lowest BCUT2D eigenvalue weighted by Crippen LogP contribution is -2.24. The van der Waals surface area contributed by atoms with Crippen LogP contribution < -0.4 is 5.56 Å². The molecule has 1 aromatic heterocycles. The molecule has 1 unspecified atom stereocenters. The topological polar surface area (TPSA) is 89.3 Å². The van der Waals surface area contributed by atoms with Gasteiger partial charge in [-0.15, -0.1) is 0 Å². The van der Waals surface area contributed by atoms with Crippen LogP contribution in [-0.4, -0.2) is 28.3 Å². The number of fused-ring (bicyclic) bond motifs is 2. The Morgan fingerprint density at radius 2 is 2.14 bits per heavy atom. The highest BCUT2D eigenvalue weighted by molar-refractivity contribution is 9.10. The molecule has 2 heterocycles. The zero-order valence-electron chi connectivity index (χ0n) is 11.7. The van der Waals surface area contributed by atoms with Crippen molar-refractivity contribution in [3.05, 3.63) is 38.9 Å². The fraction of sp³-hybridized carbons (Fsp3) is 0.429. The number of hydrogen-bond donors (Lipinski definition) is 1. The van der Waals surface area contributed by atoms with E-state index in [1.807, 2.05) is 6.07 Å². The minimum absolute atomic E-state index is 0.103. The maximum Gasteiger partial charge on any atom is 0.265 e. The molecule has 1 N–H and O–H groups in total. The molecule has 0 radical (unpaired) electrons. The fourth-order valence-corrected chi connectivity index (χ4v) is 4.20. The van der Waals surface area contributed by atoms with Gasteiger partial charge in [-0.25, -0.2) is 4.98 Å². The van der Waals surface area contributed by atoms with Crippen molar-refractivity contribution in [1.82, 2.24) is 9.55 Å². The molecule has 0 amide bonds. The summed E-state index contributed by atoms with van der Waals surface area (Å²) in [5.74, 6) is 0.254. The number of benzene rings is 1. The van der Waals surface area contributed by atoms with Crippen molar-refractivity contribution in [2.45, 2.75) is 25.8 Å². The van der Waals surface area contributed by atoms with E-state index in [4.69, 9.17) is 4.55 Å². The number of aromatic nitrogens is 2. The van der Waals surface area contributed by atoms with Crippen molar-refractivity contribution in [3.63, 3.8) is 0 Å². The first-order chi connectivity index (χ1) is 10.3. The first kappa shape index (κ1) is 15.6. The second-order valence-electron chi connectivity index (χ2n) is 5.59. The molecule has 118 valence electrons. The molecule has 6 nitrogen and oxygen atoms in total. The van der Waals surface area contributed by atoms with Crippen LogP contribution in [0.5, 0.6) is 0 Å². The number of aryl methyl sites for hydroxylation is 1. The third-order valence-electron chi connectivity index (χ3n) is 3.98. The second kappa shape index (κ2) is 5.75. The van der Waals surface area contributed by atoms with Gasteiger partial charge in [0.2, 0.25) is 0 Å². The summed E-state index contributed by atoms with van der Waals surface area (Å²) in [6.45, 7) is 0.420. The van der Waals surface area contributed by atoms with E-state index in [-0.39, 0.29) is 17.2 Å². The van der Waals surface area contributed by atoms with Crippen LogP contribution in [0, 0.1) is 5.92 Å². The molecule has 0 saturated carbocycles. The average Bonchev–Trinajstić information content (AvgIpc) is 2.61. The standard InChI is InChI=1S/C14H15BrN2O4S/c15-10-2-3-12-11(7-10)14(18)17-6-5-9(8-22(19,20)21)1-4-13(17)16-12/h2-3,7,9H,1,4-6,8H2,(H,19,20,21). The van der Waals surface area contributed by atoms with Gasteiger partial charge in [-0.1, -0.05) is 15.9 Å². The Kier molecular flexibility index (Phi) is 4.09. The molecule has 1 aliphatic rings. The Hall–Kier alpha value is -1.25. The Bertz CT molecular complexity index is 892. The van der Waals surface area contributed by atoms with Crippen molar-refractivity contribution in [3.8, 4) is 0 Å². The van der Waals surface area contributed by atoms with Gasteiger partial charge in [-0.05, 0) is 37.0 Å². The minimum atomic E-state index is -4.00. The molecule has 0 spiro atoms. The predicted molar refractivity (Wildman–Crippen MR) is 86.5 cm³/mol. The van der Waals surface area contributed by atoms with Crippen molar-refractivity contribution >= 4 is 37.0 Å². The number of hydrogen-bond acceptors (Lipinski definition) is 4. The minimum Gasteiger partial charge on any atom is -0.296 e. The lowest BCUT2D eigenvalue weighted by Gasteiger charge is -2.11. The first-order valence-electron chi connectivity index (χ1n) is 6.97. The Morgan fingerprint density at radius 3 is 2.86 bits per heavy atom. The van der Waals surface area contributed by atoms with Crippen molar-refractivity contribution < 1.29 is 13.0 Å². The fourth-order valence-electron chi connectivity index (χ4n) is 2.91. The summed E-state index contributed by atoms with van der Waals surface area (Å²) in [4.78, 5) is 17.1. The Balaban J connectivity index is 2.00. The molecule has 0 bridgehead atoms. The zero-order valence-corrected chi connectivity index (χ0v) is 14.1. The molecule has 22 heavy (non-hydrogen) atoms. The van der Waals surface area contributed by atoms with Crippen LogP contribution in [0.2, 0.25) is 0 Å². The van der Waals surface area contributed by atoms with Gasteiger partial charge >= 0.3 is 0 Å². The number of halogens is 1. The van der Waals surface area contributed by atoms with Gasteiger partial charge in [-0.3, -0.25) is 13.9 Å². The molecule has 1 atom stereocenters. The van der Waals surface area contributed by atoms with Crippen LogP contribution in [0.3, 0.4) is 0 Å². The molecule has 1 aromatic carbocycles. The van der Waals surface area contributed by atoms with Crippen LogP contribution in [0.4, 0.5) is 0 Å². The van der Waals surface area contributed by atoms with Crippen LogP contribution >= 0.6 is 15.9 Å². The molecule has 0 aliphatic carbocycles. The average molecular weight is 387 g/mol. The number of rotatable bonds is 2. The quantitative estimate of drug-likeness (QED) is 0.797. The highest BCUT2D eigenvalue weighted by Crippen LogP contribution is 2.22. The van der Waals surface area contributed by atoms with Crippen molar-refractivity contribution in [2.75, 3.05) is 5.75 Å². The summed E-state index contributed by atoms with van der Waals surface area (Å²) in [6, 6.07) is 5.38. The van der Waals surface area contributed by atoms with Crippen molar-refractivity contribution in [2.24, 2.45) is 5.92 Å². The summed E-state index contributed by atoms with van der Waals surface area (Å²) >= 11 is 3.35. The molecule has 0 fully saturated rings. The Labute approximate surface area is 136 Å². The van der Waals surface area contributed by atoms with Gasteiger partial charge in [0.05, 0.1) is 16.7 Å². The summed E-state index contributed by atoms with van der Waals surface area (Å²) < 4.78 is 33.5. The zero-order chi connectivity index (χ0) is 15.9. The van der Waals surface area contributed by atoms with E-state index in [1.54, 1.807) is 16.7 Å². The molecule has 1 aliphatic heterocycles. The smallest absolute Gasteiger partial charge is 0.265 e. The van der Waals surface area contributed by atoms with Gasteiger partial charge in [0, 0.05) is 17.4 Å². The van der Waals surface area contributed by atoms with Crippen LogP contribution in [-0.2, 0) is 23.1 Å². The molecular formula is C14H15BrN2O4S.